The third kappa shape index (κ3) is 4.47. The van der Waals surface area contributed by atoms with Crippen molar-refractivity contribution in [2.45, 2.75) is 44.2 Å². The van der Waals surface area contributed by atoms with Crippen LogP contribution in [-0.2, 0) is 20.7 Å². The van der Waals surface area contributed by atoms with E-state index in [9.17, 15) is 9.59 Å². The summed E-state index contributed by atoms with van der Waals surface area (Å²) in [5.74, 6) is 0.0927. The molecule has 2 aromatic heterocycles. The van der Waals surface area contributed by atoms with Crippen molar-refractivity contribution in [3.8, 4) is 10.7 Å². The lowest BCUT2D eigenvalue weighted by atomic mass is 10.1. The first-order chi connectivity index (χ1) is 12.6. The Morgan fingerprint density at radius 3 is 3.04 bits per heavy atom. The van der Waals surface area contributed by atoms with Crippen LogP contribution in [0, 0.1) is 0 Å². The molecule has 0 spiro atoms. The summed E-state index contributed by atoms with van der Waals surface area (Å²) in [5, 5.41) is 14.9. The summed E-state index contributed by atoms with van der Waals surface area (Å²) in [6.45, 7) is 0.441. The van der Waals surface area contributed by atoms with Gasteiger partial charge in [0.05, 0.1) is 17.4 Å². The number of carboxylic acids is 1. The number of rotatable bonds is 8. The molecular weight excluding hydrogens is 358 g/mol. The second-order valence-electron chi connectivity index (χ2n) is 6.23. The van der Waals surface area contributed by atoms with Crippen LogP contribution in [0.3, 0.4) is 0 Å². The number of nitrogens with zero attached hydrogens (tertiary/aromatic N) is 3. The second-order valence-corrected chi connectivity index (χ2v) is 7.18. The lowest BCUT2D eigenvalue weighted by molar-refractivity contribution is -0.139. The fourth-order valence-corrected chi connectivity index (χ4v) is 3.79. The van der Waals surface area contributed by atoms with Gasteiger partial charge in [-0.05, 0) is 24.3 Å². The van der Waals surface area contributed by atoms with Crippen LogP contribution >= 0.6 is 11.3 Å². The minimum absolute atomic E-state index is 0.0561. The number of likely N-dealkylation sites (tertiary alicyclic amines) is 1. The number of methoxy groups -OCH3 is 1. The van der Waals surface area contributed by atoms with Gasteiger partial charge in [-0.3, -0.25) is 9.59 Å². The Hall–Kier alpha value is -2.26. The third-order valence-electron chi connectivity index (χ3n) is 4.43. The average molecular weight is 379 g/mol. The number of carbonyl (C=O) groups excluding carboxylic acids is 1. The zero-order valence-corrected chi connectivity index (χ0v) is 15.3. The molecule has 1 saturated heterocycles. The summed E-state index contributed by atoms with van der Waals surface area (Å²) in [4.78, 5) is 30.4. The number of carboxylic acid groups (broad SMARTS) is 1. The van der Waals surface area contributed by atoms with E-state index in [0.29, 0.717) is 43.9 Å². The van der Waals surface area contributed by atoms with Crippen molar-refractivity contribution in [1.29, 1.82) is 0 Å². The van der Waals surface area contributed by atoms with Crippen molar-refractivity contribution in [1.82, 2.24) is 15.0 Å². The molecule has 1 aliphatic heterocycles. The summed E-state index contributed by atoms with van der Waals surface area (Å²) in [5.41, 5.74) is 0. The Labute approximate surface area is 154 Å². The minimum Gasteiger partial charge on any atom is -0.481 e. The van der Waals surface area contributed by atoms with Crippen LogP contribution in [0.2, 0.25) is 0 Å². The van der Waals surface area contributed by atoms with Crippen molar-refractivity contribution in [2.75, 3.05) is 13.7 Å². The number of hydrogen-bond acceptors (Lipinski definition) is 7. The second kappa shape index (κ2) is 8.41. The van der Waals surface area contributed by atoms with Crippen LogP contribution in [0.4, 0.5) is 0 Å². The molecule has 8 nitrogen and oxygen atoms in total. The highest BCUT2D eigenvalue weighted by molar-refractivity contribution is 7.13. The van der Waals surface area contributed by atoms with Crippen LogP contribution in [0.1, 0.15) is 31.6 Å². The Morgan fingerprint density at radius 1 is 1.50 bits per heavy atom. The number of aliphatic carboxylic acids is 1. The lowest BCUT2D eigenvalue weighted by Crippen LogP contribution is -2.37. The molecule has 1 fully saturated rings. The van der Waals surface area contributed by atoms with Gasteiger partial charge >= 0.3 is 5.97 Å². The van der Waals surface area contributed by atoms with Crippen LogP contribution in [0.5, 0.6) is 0 Å². The molecule has 2 unspecified atom stereocenters. The Kier molecular flexibility index (Phi) is 6.00. The molecule has 0 radical (unpaired) electrons. The molecule has 9 heteroatoms. The quantitative estimate of drug-likeness (QED) is 0.749. The van der Waals surface area contributed by atoms with Gasteiger partial charge in [-0.25, -0.2) is 0 Å². The first kappa shape index (κ1) is 18.5. The molecule has 2 atom stereocenters. The van der Waals surface area contributed by atoms with Crippen molar-refractivity contribution in [3.05, 3.63) is 23.4 Å². The van der Waals surface area contributed by atoms with E-state index in [0.717, 1.165) is 4.88 Å². The molecule has 0 aromatic carbocycles. The largest absolute Gasteiger partial charge is 0.481 e. The molecular formula is C17H21N3O5S. The highest BCUT2D eigenvalue weighted by atomic mass is 32.1. The van der Waals surface area contributed by atoms with Crippen molar-refractivity contribution >= 4 is 23.2 Å². The summed E-state index contributed by atoms with van der Waals surface area (Å²) >= 11 is 1.54. The fraction of sp³-hybridized carbons (Fsp3) is 0.529. The van der Waals surface area contributed by atoms with Crippen molar-refractivity contribution < 1.29 is 24.0 Å². The molecule has 1 amide bonds. The average Bonchev–Trinajstić information content (AvgIpc) is 3.34. The number of carbonyl (C=O) groups is 2. The van der Waals surface area contributed by atoms with E-state index in [-0.39, 0.29) is 24.5 Å². The topological polar surface area (TPSA) is 106 Å². The van der Waals surface area contributed by atoms with Crippen molar-refractivity contribution in [2.24, 2.45) is 0 Å². The number of aromatic nitrogens is 2. The van der Waals surface area contributed by atoms with Gasteiger partial charge in [-0.15, -0.1) is 11.3 Å². The van der Waals surface area contributed by atoms with E-state index in [1.165, 1.54) is 11.3 Å². The van der Waals surface area contributed by atoms with Gasteiger partial charge in [0.2, 0.25) is 17.6 Å². The molecule has 2 aromatic rings. The predicted molar refractivity (Wildman–Crippen MR) is 93.7 cm³/mol. The van der Waals surface area contributed by atoms with Gasteiger partial charge in [0.15, 0.2) is 0 Å². The maximum absolute atomic E-state index is 12.5. The summed E-state index contributed by atoms with van der Waals surface area (Å²) in [7, 11) is 1.58. The number of hydrogen-bond donors (Lipinski definition) is 1. The Balaban J connectivity index is 1.51. The minimum atomic E-state index is -0.906. The molecule has 1 aliphatic rings. The molecule has 140 valence electrons. The van der Waals surface area contributed by atoms with Gasteiger partial charge in [0, 0.05) is 32.5 Å². The van der Waals surface area contributed by atoms with Crippen molar-refractivity contribution in [3.63, 3.8) is 0 Å². The molecule has 3 heterocycles. The smallest absolute Gasteiger partial charge is 0.305 e. The Bertz CT molecular complexity index is 745. The zero-order valence-electron chi connectivity index (χ0n) is 14.5. The highest BCUT2D eigenvalue weighted by Gasteiger charge is 2.36. The molecule has 0 bridgehead atoms. The summed E-state index contributed by atoms with van der Waals surface area (Å²) < 4.78 is 10.5. The first-order valence-corrected chi connectivity index (χ1v) is 9.35. The number of thiophene rings is 1. The van der Waals surface area contributed by atoms with Gasteiger partial charge in [0.25, 0.3) is 0 Å². The van der Waals surface area contributed by atoms with Gasteiger partial charge in [-0.2, -0.15) is 4.98 Å². The molecule has 26 heavy (non-hydrogen) atoms. The monoisotopic (exact) mass is 379 g/mol. The van der Waals surface area contributed by atoms with Gasteiger partial charge < -0.3 is 19.3 Å². The summed E-state index contributed by atoms with van der Waals surface area (Å²) in [6, 6.07) is 3.54. The van der Waals surface area contributed by atoms with Crippen LogP contribution in [0.25, 0.3) is 10.7 Å². The normalized spacial score (nSPS) is 19.8. The third-order valence-corrected chi connectivity index (χ3v) is 5.30. The number of amides is 1. The van der Waals surface area contributed by atoms with Crippen LogP contribution in [-0.4, -0.2) is 57.8 Å². The van der Waals surface area contributed by atoms with E-state index in [1.54, 1.807) is 12.0 Å². The fourth-order valence-electron chi connectivity index (χ4n) is 3.14. The highest BCUT2D eigenvalue weighted by Crippen LogP contribution is 2.24. The van der Waals surface area contributed by atoms with E-state index in [2.05, 4.69) is 10.1 Å². The van der Waals surface area contributed by atoms with Crippen LogP contribution in [0.15, 0.2) is 22.0 Å². The van der Waals surface area contributed by atoms with Gasteiger partial charge in [0.1, 0.15) is 0 Å². The van der Waals surface area contributed by atoms with Crippen LogP contribution < -0.4 is 0 Å². The maximum atomic E-state index is 12.5. The number of ether oxygens (including phenoxy) is 1. The first-order valence-electron chi connectivity index (χ1n) is 8.47. The SMILES string of the molecule is COC1CC(CC(=O)O)N(C(=O)CCCc2nc(-c3cccs3)no2)C1. The van der Waals surface area contributed by atoms with E-state index in [4.69, 9.17) is 14.4 Å². The lowest BCUT2D eigenvalue weighted by Gasteiger charge is -2.23. The molecule has 0 saturated carbocycles. The predicted octanol–water partition coefficient (Wildman–Crippen LogP) is 2.21. The Morgan fingerprint density at radius 2 is 2.35 bits per heavy atom. The molecule has 1 N–H and O–H groups in total. The molecule has 3 rings (SSSR count). The van der Waals surface area contributed by atoms with Gasteiger partial charge in [-0.1, -0.05) is 11.2 Å². The zero-order chi connectivity index (χ0) is 18.5. The standard InChI is InChI=1S/C17H21N3O5S/c1-24-12-8-11(9-16(22)23)20(10-12)15(21)6-2-5-14-18-17(19-25-14)13-4-3-7-26-13/h3-4,7,11-12H,2,5-6,8-10H2,1H3,(H,22,23). The van der Waals surface area contributed by atoms with E-state index < -0.39 is 5.97 Å². The molecule has 0 aliphatic carbocycles. The summed E-state index contributed by atoms with van der Waals surface area (Å²) in [6.07, 6.45) is 1.78. The maximum Gasteiger partial charge on any atom is 0.305 e. The van der Waals surface area contributed by atoms with E-state index >= 15 is 0 Å². The number of aryl methyl sites for hydroxylation is 1. The van der Waals surface area contributed by atoms with E-state index in [1.807, 2.05) is 17.5 Å².